The zero-order chi connectivity index (χ0) is 15.5. The standard InChI is InChI=1S/C16H20N2O4.ClH/c19-15-6-3-11-10-12(4-5-13(11)17-15)22-9-8-18-7-1-2-14(18)16(20)21;/h4-5,10,14H,1-3,6-9H2,(H,17,19)(H,20,21);1H. The lowest BCUT2D eigenvalue weighted by atomic mass is 10.0. The molecule has 126 valence electrons. The molecule has 1 saturated heterocycles. The molecule has 0 aromatic heterocycles. The minimum atomic E-state index is -0.748. The van der Waals surface area contributed by atoms with Crippen molar-refractivity contribution in [2.24, 2.45) is 0 Å². The summed E-state index contributed by atoms with van der Waals surface area (Å²) < 4.78 is 5.74. The number of hydrogen-bond donors (Lipinski definition) is 2. The van der Waals surface area contributed by atoms with E-state index in [0.29, 0.717) is 26.0 Å². The van der Waals surface area contributed by atoms with Crippen LogP contribution in [0.3, 0.4) is 0 Å². The molecule has 1 fully saturated rings. The summed E-state index contributed by atoms with van der Waals surface area (Å²) in [7, 11) is 0. The monoisotopic (exact) mass is 340 g/mol. The van der Waals surface area contributed by atoms with Gasteiger partial charge in [-0.1, -0.05) is 0 Å². The van der Waals surface area contributed by atoms with Crippen molar-refractivity contribution in [3.63, 3.8) is 0 Å². The summed E-state index contributed by atoms with van der Waals surface area (Å²) in [5.74, 6) is 0.0675. The Kier molecular flexibility index (Phi) is 5.85. The Bertz CT molecular complexity index is 593. The summed E-state index contributed by atoms with van der Waals surface area (Å²) >= 11 is 0. The molecule has 0 aliphatic carbocycles. The molecule has 1 unspecified atom stereocenters. The third kappa shape index (κ3) is 4.14. The van der Waals surface area contributed by atoms with Crippen molar-refractivity contribution in [3.05, 3.63) is 23.8 Å². The first kappa shape index (κ1) is 17.6. The second kappa shape index (κ2) is 7.66. The van der Waals surface area contributed by atoms with E-state index in [4.69, 9.17) is 9.84 Å². The summed E-state index contributed by atoms with van der Waals surface area (Å²) in [6.45, 7) is 1.90. The molecule has 1 amide bonds. The van der Waals surface area contributed by atoms with Crippen LogP contribution in [0.25, 0.3) is 0 Å². The largest absolute Gasteiger partial charge is 0.492 e. The molecule has 7 heteroatoms. The van der Waals surface area contributed by atoms with Gasteiger partial charge in [-0.25, -0.2) is 0 Å². The van der Waals surface area contributed by atoms with Crippen molar-refractivity contribution in [3.8, 4) is 5.75 Å². The van der Waals surface area contributed by atoms with Gasteiger partial charge in [-0.2, -0.15) is 0 Å². The molecule has 1 atom stereocenters. The van der Waals surface area contributed by atoms with Crippen molar-refractivity contribution in [2.75, 3.05) is 25.0 Å². The maximum Gasteiger partial charge on any atom is 0.320 e. The molecule has 1 aromatic carbocycles. The lowest BCUT2D eigenvalue weighted by molar-refractivity contribution is -0.142. The van der Waals surface area contributed by atoms with Gasteiger partial charge < -0.3 is 15.2 Å². The Morgan fingerprint density at radius 1 is 1.39 bits per heavy atom. The highest BCUT2D eigenvalue weighted by molar-refractivity contribution is 5.94. The third-order valence-corrected chi connectivity index (χ3v) is 4.27. The van der Waals surface area contributed by atoms with Gasteiger partial charge in [0.1, 0.15) is 18.4 Å². The number of carbonyl (C=O) groups excluding carboxylic acids is 1. The van der Waals surface area contributed by atoms with E-state index in [2.05, 4.69) is 5.32 Å². The van der Waals surface area contributed by atoms with Crippen LogP contribution in [0.4, 0.5) is 5.69 Å². The molecule has 2 heterocycles. The van der Waals surface area contributed by atoms with Crippen LogP contribution in [0.2, 0.25) is 0 Å². The summed E-state index contributed by atoms with van der Waals surface area (Å²) in [5.41, 5.74) is 1.94. The average Bonchev–Trinajstić information content (AvgIpc) is 2.96. The number of nitrogens with one attached hydrogen (secondary N) is 1. The smallest absolute Gasteiger partial charge is 0.320 e. The van der Waals surface area contributed by atoms with Crippen LogP contribution in [0, 0.1) is 0 Å². The molecule has 2 aliphatic rings. The van der Waals surface area contributed by atoms with Gasteiger partial charge in [-0.05, 0) is 49.6 Å². The van der Waals surface area contributed by atoms with Crippen LogP contribution in [0.1, 0.15) is 24.8 Å². The first-order valence-corrected chi connectivity index (χ1v) is 7.66. The van der Waals surface area contributed by atoms with E-state index >= 15 is 0 Å². The molecular formula is C16H21ClN2O4. The number of carboxylic acid groups (broad SMARTS) is 1. The van der Waals surface area contributed by atoms with Gasteiger partial charge >= 0.3 is 5.97 Å². The van der Waals surface area contributed by atoms with Gasteiger partial charge in [0.05, 0.1) is 0 Å². The quantitative estimate of drug-likeness (QED) is 0.856. The fourth-order valence-corrected chi connectivity index (χ4v) is 3.10. The molecular weight excluding hydrogens is 320 g/mol. The number of benzene rings is 1. The molecule has 2 aliphatic heterocycles. The molecule has 2 N–H and O–H groups in total. The number of aryl methyl sites for hydroxylation is 1. The van der Waals surface area contributed by atoms with E-state index in [1.165, 1.54) is 0 Å². The van der Waals surface area contributed by atoms with Gasteiger partial charge in [0.25, 0.3) is 0 Å². The molecule has 1 aromatic rings. The Hall–Kier alpha value is -1.79. The molecule has 3 rings (SSSR count). The Morgan fingerprint density at radius 2 is 2.22 bits per heavy atom. The Labute approximate surface area is 141 Å². The number of halogens is 1. The number of rotatable bonds is 5. The summed E-state index contributed by atoms with van der Waals surface area (Å²) in [5, 5.41) is 12.0. The normalized spacial score (nSPS) is 20.3. The van der Waals surface area contributed by atoms with Crippen LogP contribution in [0.15, 0.2) is 18.2 Å². The number of carboxylic acids is 1. The van der Waals surface area contributed by atoms with Crippen molar-refractivity contribution >= 4 is 30.0 Å². The van der Waals surface area contributed by atoms with Crippen molar-refractivity contribution < 1.29 is 19.4 Å². The summed E-state index contributed by atoms with van der Waals surface area (Å²) in [6.07, 6.45) is 2.87. The SMILES string of the molecule is Cl.O=C1CCc2cc(OCCN3CCCC3C(=O)O)ccc2N1. The summed E-state index contributed by atoms with van der Waals surface area (Å²) in [4.78, 5) is 24.4. The minimum Gasteiger partial charge on any atom is -0.492 e. The second-order valence-electron chi connectivity index (χ2n) is 5.75. The molecule has 0 spiro atoms. The van der Waals surface area contributed by atoms with E-state index in [-0.39, 0.29) is 24.4 Å². The highest BCUT2D eigenvalue weighted by Crippen LogP contribution is 2.27. The first-order valence-electron chi connectivity index (χ1n) is 7.66. The number of aliphatic carboxylic acids is 1. The first-order chi connectivity index (χ1) is 10.6. The maximum atomic E-state index is 11.3. The predicted octanol–water partition coefficient (Wildman–Crippen LogP) is 1.92. The van der Waals surface area contributed by atoms with Crippen LogP contribution < -0.4 is 10.1 Å². The highest BCUT2D eigenvalue weighted by Gasteiger charge is 2.29. The zero-order valence-corrected chi connectivity index (χ0v) is 13.6. The number of likely N-dealkylation sites (tertiary alicyclic amines) is 1. The van der Waals surface area contributed by atoms with Gasteiger partial charge in [-0.15, -0.1) is 12.4 Å². The molecule has 0 saturated carbocycles. The fourth-order valence-electron chi connectivity index (χ4n) is 3.10. The number of nitrogens with zero attached hydrogens (tertiary/aromatic N) is 1. The molecule has 23 heavy (non-hydrogen) atoms. The Morgan fingerprint density at radius 3 is 3.00 bits per heavy atom. The lowest BCUT2D eigenvalue weighted by Gasteiger charge is -2.21. The number of anilines is 1. The van der Waals surface area contributed by atoms with E-state index in [1.807, 2.05) is 23.1 Å². The Balaban J connectivity index is 0.00000192. The number of fused-ring (bicyclic) bond motifs is 1. The van der Waals surface area contributed by atoms with E-state index < -0.39 is 5.97 Å². The molecule has 0 radical (unpaired) electrons. The van der Waals surface area contributed by atoms with Gasteiger partial charge in [0, 0.05) is 18.7 Å². The highest BCUT2D eigenvalue weighted by atomic mass is 35.5. The van der Waals surface area contributed by atoms with Crippen LogP contribution >= 0.6 is 12.4 Å². The summed E-state index contributed by atoms with van der Waals surface area (Å²) in [6, 6.07) is 5.27. The predicted molar refractivity (Wildman–Crippen MR) is 88.4 cm³/mol. The number of amides is 1. The van der Waals surface area contributed by atoms with Gasteiger partial charge in [0.2, 0.25) is 5.91 Å². The van der Waals surface area contributed by atoms with Gasteiger partial charge in [0.15, 0.2) is 0 Å². The minimum absolute atomic E-state index is 0. The lowest BCUT2D eigenvalue weighted by Crippen LogP contribution is -2.38. The molecule has 6 nitrogen and oxygen atoms in total. The number of hydrogen-bond acceptors (Lipinski definition) is 4. The second-order valence-corrected chi connectivity index (χ2v) is 5.75. The van der Waals surface area contributed by atoms with Crippen molar-refractivity contribution in [1.29, 1.82) is 0 Å². The van der Waals surface area contributed by atoms with E-state index in [0.717, 1.165) is 36.4 Å². The van der Waals surface area contributed by atoms with Gasteiger partial charge in [-0.3, -0.25) is 14.5 Å². The van der Waals surface area contributed by atoms with E-state index in [9.17, 15) is 9.59 Å². The van der Waals surface area contributed by atoms with Crippen molar-refractivity contribution in [1.82, 2.24) is 4.90 Å². The van der Waals surface area contributed by atoms with E-state index in [1.54, 1.807) is 0 Å². The van der Waals surface area contributed by atoms with Crippen LogP contribution in [-0.2, 0) is 16.0 Å². The third-order valence-electron chi connectivity index (χ3n) is 4.27. The van der Waals surface area contributed by atoms with Crippen LogP contribution in [-0.4, -0.2) is 47.6 Å². The average molecular weight is 341 g/mol. The molecule has 0 bridgehead atoms. The number of ether oxygens (including phenoxy) is 1. The zero-order valence-electron chi connectivity index (χ0n) is 12.8. The van der Waals surface area contributed by atoms with Crippen molar-refractivity contribution in [2.45, 2.75) is 31.7 Å². The fraction of sp³-hybridized carbons (Fsp3) is 0.500. The topological polar surface area (TPSA) is 78.9 Å². The van der Waals surface area contributed by atoms with Crippen LogP contribution in [0.5, 0.6) is 5.75 Å². The maximum absolute atomic E-state index is 11.3. The number of carbonyl (C=O) groups is 2.